The number of rotatable bonds is 4. The lowest BCUT2D eigenvalue weighted by Crippen LogP contribution is -2.29. The largest absolute Gasteiger partial charge is 0.481 e. The maximum atomic E-state index is 11.8. The SMILES string of the molecule is C#Cc1ccc(NC(=O)C(C)C(C)C(=O)O)cc1. The molecule has 18 heavy (non-hydrogen) atoms. The molecule has 1 rings (SSSR count). The second-order valence-corrected chi connectivity index (χ2v) is 4.13. The van der Waals surface area contributed by atoms with Gasteiger partial charge in [-0.25, -0.2) is 0 Å². The van der Waals surface area contributed by atoms with Crippen LogP contribution in [0.4, 0.5) is 5.69 Å². The van der Waals surface area contributed by atoms with Crippen LogP contribution in [0.5, 0.6) is 0 Å². The number of benzene rings is 1. The molecule has 2 N–H and O–H groups in total. The number of carbonyl (C=O) groups is 2. The fourth-order valence-corrected chi connectivity index (χ4v) is 1.35. The summed E-state index contributed by atoms with van der Waals surface area (Å²) in [6.45, 7) is 3.10. The Labute approximate surface area is 106 Å². The topological polar surface area (TPSA) is 66.4 Å². The summed E-state index contributed by atoms with van der Waals surface area (Å²) in [6, 6.07) is 6.79. The molecular weight excluding hydrogens is 230 g/mol. The van der Waals surface area contributed by atoms with Crippen LogP contribution >= 0.6 is 0 Å². The van der Waals surface area contributed by atoms with Crippen molar-refractivity contribution >= 4 is 17.6 Å². The summed E-state index contributed by atoms with van der Waals surface area (Å²) >= 11 is 0. The normalized spacial score (nSPS) is 13.2. The minimum atomic E-state index is -0.986. The van der Waals surface area contributed by atoms with Crippen LogP contribution in [0.15, 0.2) is 24.3 Å². The van der Waals surface area contributed by atoms with Gasteiger partial charge in [-0.1, -0.05) is 19.8 Å². The number of hydrogen-bond acceptors (Lipinski definition) is 2. The number of anilines is 1. The highest BCUT2D eigenvalue weighted by atomic mass is 16.4. The predicted molar refractivity (Wildman–Crippen MR) is 69.0 cm³/mol. The van der Waals surface area contributed by atoms with Gasteiger partial charge in [0.1, 0.15) is 0 Å². The van der Waals surface area contributed by atoms with E-state index in [2.05, 4.69) is 11.2 Å². The third kappa shape index (κ3) is 3.36. The summed E-state index contributed by atoms with van der Waals surface area (Å²) in [4.78, 5) is 22.6. The number of carboxylic acids is 1. The van der Waals surface area contributed by atoms with Gasteiger partial charge in [-0.15, -0.1) is 6.42 Å². The number of terminal acetylenes is 1. The Morgan fingerprint density at radius 2 is 1.78 bits per heavy atom. The molecule has 1 aromatic rings. The van der Waals surface area contributed by atoms with E-state index in [-0.39, 0.29) is 5.91 Å². The van der Waals surface area contributed by atoms with E-state index in [1.807, 2.05) is 0 Å². The van der Waals surface area contributed by atoms with E-state index in [4.69, 9.17) is 11.5 Å². The fraction of sp³-hybridized carbons (Fsp3) is 0.286. The number of carboxylic acid groups (broad SMARTS) is 1. The van der Waals surface area contributed by atoms with Gasteiger partial charge < -0.3 is 10.4 Å². The van der Waals surface area contributed by atoms with Crippen molar-refractivity contribution in [2.24, 2.45) is 11.8 Å². The lowest BCUT2D eigenvalue weighted by molar-refractivity contribution is -0.145. The van der Waals surface area contributed by atoms with Gasteiger partial charge >= 0.3 is 5.97 Å². The van der Waals surface area contributed by atoms with Gasteiger partial charge in [-0.05, 0) is 24.3 Å². The minimum Gasteiger partial charge on any atom is -0.481 e. The molecule has 4 nitrogen and oxygen atoms in total. The third-order valence-electron chi connectivity index (χ3n) is 2.87. The Morgan fingerprint density at radius 1 is 1.22 bits per heavy atom. The van der Waals surface area contributed by atoms with Gasteiger partial charge in [0.25, 0.3) is 0 Å². The van der Waals surface area contributed by atoms with E-state index in [9.17, 15) is 9.59 Å². The van der Waals surface area contributed by atoms with Gasteiger partial charge in [0.05, 0.1) is 5.92 Å². The Balaban J connectivity index is 2.69. The highest BCUT2D eigenvalue weighted by Gasteiger charge is 2.25. The first-order valence-electron chi connectivity index (χ1n) is 5.56. The lowest BCUT2D eigenvalue weighted by atomic mass is 9.95. The number of aliphatic carboxylic acids is 1. The first kappa shape index (κ1) is 13.8. The molecule has 0 radical (unpaired) electrons. The summed E-state index contributed by atoms with van der Waals surface area (Å²) in [6.07, 6.45) is 5.22. The van der Waals surface area contributed by atoms with Crippen molar-refractivity contribution in [2.75, 3.05) is 5.32 Å². The molecule has 0 spiro atoms. The van der Waals surface area contributed by atoms with Gasteiger partial charge in [-0.3, -0.25) is 9.59 Å². The molecule has 0 aliphatic heterocycles. The van der Waals surface area contributed by atoms with Crippen LogP contribution in [0.3, 0.4) is 0 Å². The second kappa shape index (κ2) is 5.87. The van der Waals surface area contributed by atoms with Crippen LogP contribution in [-0.2, 0) is 9.59 Å². The van der Waals surface area contributed by atoms with Crippen molar-refractivity contribution in [3.8, 4) is 12.3 Å². The van der Waals surface area contributed by atoms with Gasteiger partial charge in [0, 0.05) is 17.2 Å². The van der Waals surface area contributed by atoms with Crippen molar-refractivity contribution < 1.29 is 14.7 Å². The molecule has 0 aromatic heterocycles. The number of hydrogen-bond donors (Lipinski definition) is 2. The molecule has 1 aromatic carbocycles. The molecule has 2 unspecified atom stereocenters. The van der Waals surface area contributed by atoms with Crippen molar-refractivity contribution in [3.05, 3.63) is 29.8 Å². The van der Waals surface area contributed by atoms with Gasteiger partial charge in [0.15, 0.2) is 0 Å². The second-order valence-electron chi connectivity index (χ2n) is 4.13. The number of amides is 1. The minimum absolute atomic E-state index is 0.321. The monoisotopic (exact) mass is 245 g/mol. The Bertz CT molecular complexity index is 485. The molecule has 1 amide bonds. The molecule has 0 aliphatic carbocycles. The molecular formula is C14H15NO3. The highest BCUT2D eigenvalue weighted by Crippen LogP contribution is 2.15. The van der Waals surface area contributed by atoms with Gasteiger partial charge in [-0.2, -0.15) is 0 Å². The van der Waals surface area contributed by atoms with Gasteiger partial charge in [0.2, 0.25) is 5.91 Å². The first-order valence-corrected chi connectivity index (χ1v) is 5.56. The van der Waals surface area contributed by atoms with E-state index < -0.39 is 17.8 Å². The van der Waals surface area contributed by atoms with E-state index in [0.717, 1.165) is 5.56 Å². The molecule has 4 heteroatoms. The zero-order chi connectivity index (χ0) is 13.7. The molecule has 0 bridgehead atoms. The lowest BCUT2D eigenvalue weighted by Gasteiger charge is -2.15. The molecule has 94 valence electrons. The van der Waals surface area contributed by atoms with Crippen molar-refractivity contribution in [2.45, 2.75) is 13.8 Å². The summed E-state index contributed by atoms with van der Waals surface area (Å²) in [5.74, 6) is -0.163. The molecule has 0 saturated heterocycles. The van der Waals surface area contributed by atoms with Crippen LogP contribution in [-0.4, -0.2) is 17.0 Å². The van der Waals surface area contributed by atoms with Crippen molar-refractivity contribution in [1.29, 1.82) is 0 Å². The summed E-state index contributed by atoms with van der Waals surface area (Å²) in [7, 11) is 0. The van der Waals surface area contributed by atoms with E-state index >= 15 is 0 Å². The summed E-state index contributed by atoms with van der Waals surface area (Å²) < 4.78 is 0. The maximum absolute atomic E-state index is 11.8. The average molecular weight is 245 g/mol. The molecule has 0 fully saturated rings. The fourth-order valence-electron chi connectivity index (χ4n) is 1.35. The molecule has 0 saturated carbocycles. The number of carbonyl (C=O) groups excluding carboxylic acids is 1. The quantitative estimate of drug-likeness (QED) is 0.797. The predicted octanol–water partition coefficient (Wildman–Crippen LogP) is 1.96. The first-order chi connectivity index (χ1) is 8.45. The summed E-state index contributed by atoms with van der Waals surface area (Å²) in [5.41, 5.74) is 1.32. The standard InChI is InChI=1S/C14H15NO3/c1-4-11-5-7-12(8-6-11)15-13(16)9(2)10(3)14(17)18/h1,5-10H,2-3H3,(H,15,16)(H,17,18). The third-order valence-corrected chi connectivity index (χ3v) is 2.87. The van der Waals surface area contributed by atoms with Crippen molar-refractivity contribution in [3.63, 3.8) is 0 Å². The van der Waals surface area contributed by atoms with E-state index in [1.165, 1.54) is 6.92 Å². The Hall–Kier alpha value is -2.28. The zero-order valence-corrected chi connectivity index (χ0v) is 10.3. The van der Waals surface area contributed by atoms with E-state index in [0.29, 0.717) is 5.69 Å². The van der Waals surface area contributed by atoms with Crippen LogP contribution in [0.25, 0.3) is 0 Å². The summed E-state index contributed by atoms with van der Waals surface area (Å²) in [5, 5.41) is 11.5. The van der Waals surface area contributed by atoms with Crippen LogP contribution in [0.1, 0.15) is 19.4 Å². The Kier molecular flexibility index (Phi) is 4.50. The van der Waals surface area contributed by atoms with Crippen LogP contribution in [0.2, 0.25) is 0 Å². The molecule has 0 aliphatic rings. The molecule has 2 atom stereocenters. The van der Waals surface area contributed by atoms with Crippen LogP contribution < -0.4 is 5.32 Å². The zero-order valence-electron chi connectivity index (χ0n) is 10.3. The Morgan fingerprint density at radius 3 is 2.22 bits per heavy atom. The highest BCUT2D eigenvalue weighted by molar-refractivity contribution is 5.94. The van der Waals surface area contributed by atoms with Crippen LogP contribution in [0, 0.1) is 24.2 Å². The maximum Gasteiger partial charge on any atom is 0.307 e. The average Bonchev–Trinajstić information content (AvgIpc) is 2.37. The smallest absolute Gasteiger partial charge is 0.307 e. The molecule has 0 heterocycles. The van der Waals surface area contributed by atoms with E-state index in [1.54, 1.807) is 31.2 Å². The van der Waals surface area contributed by atoms with Crippen molar-refractivity contribution in [1.82, 2.24) is 0 Å². The number of nitrogens with one attached hydrogen (secondary N) is 1.